The summed E-state index contributed by atoms with van der Waals surface area (Å²) >= 11 is 0. The number of hydrogen-bond acceptors (Lipinski definition) is 3. The predicted molar refractivity (Wildman–Crippen MR) is 40.9 cm³/mol. The lowest BCUT2D eigenvalue weighted by molar-refractivity contribution is 0.597. The highest BCUT2D eigenvalue weighted by molar-refractivity contribution is 7.91. The Morgan fingerprint density at radius 1 is 1.60 bits per heavy atom. The van der Waals surface area contributed by atoms with E-state index in [-0.39, 0.29) is 23.8 Å². The third-order valence-corrected chi connectivity index (χ3v) is 2.83. The molecule has 0 rings (SSSR count). The molecule has 0 spiro atoms. The van der Waals surface area contributed by atoms with Crippen molar-refractivity contribution in [3.8, 4) is 0 Å². The Morgan fingerprint density at radius 3 is 2.40 bits per heavy atom. The van der Waals surface area contributed by atoms with Crippen LogP contribution in [-0.2, 0) is 9.84 Å². The van der Waals surface area contributed by atoms with E-state index in [1.807, 2.05) is 0 Å². The Labute approximate surface area is 60.8 Å². The summed E-state index contributed by atoms with van der Waals surface area (Å²) in [7, 11) is -2.94. The second-order valence-corrected chi connectivity index (χ2v) is 4.48. The molecule has 60 valence electrons. The van der Waals surface area contributed by atoms with E-state index in [9.17, 15) is 8.42 Å². The molecular weight excluding hydrogens is 152 g/mol. The molecule has 0 amide bonds. The number of nitrogens with two attached hydrogens (primary N) is 1. The highest BCUT2D eigenvalue weighted by atomic mass is 32.2. The summed E-state index contributed by atoms with van der Waals surface area (Å²) in [5.74, 6) is 0.0519. The summed E-state index contributed by atoms with van der Waals surface area (Å²) < 4.78 is 21.5. The largest absolute Gasteiger partial charge is 0.388 e. The summed E-state index contributed by atoms with van der Waals surface area (Å²) in [5.41, 5.74) is 4.97. The van der Waals surface area contributed by atoms with Gasteiger partial charge in [-0.1, -0.05) is 6.92 Å². The zero-order valence-electron chi connectivity index (χ0n) is 5.92. The van der Waals surface area contributed by atoms with Crippen molar-refractivity contribution in [1.82, 2.24) is 0 Å². The van der Waals surface area contributed by atoms with Gasteiger partial charge < -0.3 is 5.73 Å². The molecular formula is C5H12N2O2S. The Balaban J connectivity index is 3.81. The molecule has 0 fully saturated rings. The topological polar surface area (TPSA) is 84.0 Å². The van der Waals surface area contributed by atoms with Crippen LogP contribution in [0.1, 0.15) is 13.3 Å². The van der Waals surface area contributed by atoms with Crippen LogP contribution >= 0.6 is 0 Å². The van der Waals surface area contributed by atoms with Crippen LogP contribution in [0.4, 0.5) is 0 Å². The van der Waals surface area contributed by atoms with Crippen LogP contribution in [0.2, 0.25) is 0 Å². The monoisotopic (exact) mass is 164 g/mol. The minimum atomic E-state index is -2.94. The lowest BCUT2D eigenvalue weighted by atomic mass is 10.5. The van der Waals surface area contributed by atoms with Gasteiger partial charge in [0.15, 0.2) is 0 Å². The van der Waals surface area contributed by atoms with Crippen LogP contribution in [0.25, 0.3) is 0 Å². The van der Waals surface area contributed by atoms with E-state index >= 15 is 0 Å². The van der Waals surface area contributed by atoms with Crippen LogP contribution in [0.5, 0.6) is 0 Å². The molecule has 0 aromatic carbocycles. The summed E-state index contributed by atoms with van der Waals surface area (Å²) in [6.07, 6.45) is 0.149. The zero-order valence-corrected chi connectivity index (χ0v) is 6.74. The van der Waals surface area contributed by atoms with Crippen molar-refractivity contribution < 1.29 is 8.42 Å². The van der Waals surface area contributed by atoms with Gasteiger partial charge in [-0.25, -0.2) is 8.42 Å². The maximum Gasteiger partial charge on any atom is 0.150 e. The summed E-state index contributed by atoms with van der Waals surface area (Å²) in [5, 5.41) is 6.76. The molecule has 0 saturated carbocycles. The molecule has 3 N–H and O–H groups in total. The average Bonchev–Trinajstić information content (AvgIpc) is 1.85. The van der Waals surface area contributed by atoms with Gasteiger partial charge in [0.05, 0.1) is 11.6 Å². The minimum Gasteiger partial charge on any atom is -0.388 e. The molecule has 0 aliphatic carbocycles. The fourth-order valence-corrected chi connectivity index (χ4v) is 1.23. The second-order valence-electron chi connectivity index (χ2n) is 2.01. The van der Waals surface area contributed by atoms with Crippen molar-refractivity contribution in [2.24, 2.45) is 5.73 Å². The van der Waals surface area contributed by atoms with Gasteiger partial charge in [-0.05, 0) is 0 Å². The van der Waals surface area contributed by atoms with Gasteiger partial charge in [-0.15, -0.1) is 0 Å². The van der Waals surface area contributed by atoms with Crippen LogP contribution in [0, 0.1) is 5.41 Å². The first kappa shape index (κ1) is 9.42. The van der Waals surface area contributed by atoms with E-state index in [1.54, 1.807) is 6.92 Å². The Bertz CT molecular complexity index is 208. The molecule has 0 saturated heterocycles. The van der Waals surface area contributed by atoms with E-state index < -0.39 is 9.84 Å². The smallest absolute Gasteiger partial charge is 0.150 e. The van der Waals surface area contributed by atoms with E-state index in [0.29, 0.717) is 0 Å². The summed E-state index contributed by atoms with van der Waals surface area (Å²) in [6, 6.07) is 0. The molecule has 4 nitrogen and oxygen atoms in total. The lowest BCUT2D eigenvalue weighted by Crippen LogP contribution is -2.17. The van der Waals surface area contributed by atoms with Crippen molar-refractivity contribution in [2.75, 3.05) is 11.5 Å². The molecule has 5 heteroatoms. The molecule has 0 bridgehead atoms. The Kier molecular flexibility index (Phi) is 3.35. The van der Waals surface area contributed by atoms with Gasteiger partial charge in [0, 0.05) is 12.2 Å². The van der Waals surface area contributed by atoms with E-state index in [4.69, 9.17) is 11.1 Å². The average molecular weight is 164 g/mol. The Hall–Kier alpha value is -0.580. The summed E-state index contributed by atoms with van der Waals surface area (Å²) in [6.45, 7) is 1.58. The van der Waals surface area contributed by atoms with Crippen molar-refractivity contribution in [3.63, 3.8) is 0 Å². The quantitative estimate of drug-likeness (QED) is 0.444. The van der Waals surface area contributed by atoms with E-state index in [0.717, 1.165) is 0 Å². The minimum absolute atomic E-state index is 0.00116. The van der Waals surface area contributed by atoms with Crippen LogP contribution < -0.4 is 5.73 Å². The number of hydrogen-bond donors (Lipinski definition) is 2. The molecule has 0 aromatic heterocycles. The number of sulfone groups is 1. The van der Waals surface area contributed by atoms with Gasteiger partial charge in [0.2, 0.25) is 0 Å². The maximum absolute atomic E-state index is 10.8. The molecule has 0 heterocycles. The predicted octanol–water partition coefficient (Wildman–Crippen LogP) is -0.253. The van der Waals surface area contributed by atoms with E-state index in [1.165, 1.54) is 0 Å². The van der Waals surface area contributed by atoms with Crippen LogP contribution in [0.3, 0.4) is 0 Å². The molecule has 10 heavy (non-hydrogen) atoms. The van der Waals surface area contributed by atoms with E-state index in [2.05, 4.69) is 0 Å². The van der Waals surface area contributed by atoms with Gasteiger partial charge in [0.25, 0.3) is 0 Å². The van der Waals surface area contributed by atoms with Crippen molar-refractivity contribution in [3.05, 3.63) is 0 Å². The normalized spacial score (nSPS) is 11.3. The fraction of sp³-hybridized carbons (Fsp3) is 0.800. The molecule has 0 radical (unpaired) electrons. The first-order chi connectivity index (χ1) is 4.48. The highest BCUT2D eigenvalue weighted by Crippen LogP contribution is 1.91. The fourth-order valence-electron chi connectivity index (χ4n) is 0.410. The van der Waals surface area contributed by atoms with Gasteiger partial charge in [0.1, 0.15) is 9.84 Å². The molecule has 0 atom stereocenters. The number of nitrogens with one attached hydrogen (secondary N) is 1. The first-order valence-electron chi connectivity index (χ1n) is 3.01. The highest BCUT2D eigenvalue weighted by Gasteiger charge is 2.06. The van der Waals surface area contributed by atoms with Crippen molar-refractivity contribution in [2.45, 2.75) is 13.3 Å². The lowest BCUT2D eigenvalue weighted by Gasteiger charge is -1.97. The third kappa shape index (κ3) is 4.31. The third-order valence-electron chi connectivity index (χ3n) is 1.12. The molecule has 0 unspecified atom stereocenters. The Morgan fingerprint density at radius 2 is 2.10 bits per heavy atom. The van der Waals surface area contributed by atoms with Crippen molar-refractivity contribution >= 4 is 15.7 Å². The number of amidine groups is 1. The van der Waals surface area contributed by atoms with Gasteiger partial charge in [-0.3, -0.25) is 5.41 Å². The number of rotatable bonds is 4. The molecule has 0 aromatic rings. The first-order valence-corrected chi connectivity index (χ1v) is 4.83. The zero-order chi connectivity index (χ0) is 8.20. The molecule has 0 aliphatic heterocycles. The van der Waals surface area contributed by atoms with Gasteiger partial charge in [-0.2, -0.15) is 0 Å². The molecule has 0 aliphatic rings. The van der Waals surface area contributed by atoms with Crippen LogP contribution in [0.15, 0.2) is 0 Å². The van der Waals surface area contributed by atoms with Crippen molar-refractivity contribution in [1.29, 1.82) is 5.41 Å². The summed E-state index contributed by atoms with van der Waals surface area (Å²) in [4.78, 5) is 0. The van der Waals surface area contributed by atoms with Gasteiger partial charge >= 0.3 is 0 Å². The maximum atomic E-state index is 10.8. The second kappa shape index (κ2) is 3.55. The van der Waals surface area contributed by atoms with Crippen LogP contribution in [-0.4, -0.2) is 25.8 Å². The SMILES string of the molecule is CCS(=O)(=O)CCC(=N)N. The standard InChI is InChI=1S/C5H12N2O2S/c1-2-10(8,9)4-3-5(6)7/h2-4H2,1H3,(H3,6,7).